The molecule has 0 saturated heterocycles. The lowest BCUT2D eigenvalue weighted by Crippen LogP contribution is -1.99. The maximum absolute atomic E-state index is 10.8. The van der Waals surface area contributed by atoms with E-state index in [4.69, 9.17) is 19.5 Å². The molecule has 0 aliphatic heterocycles. The summed E-state index contributed by atoms with van der Waals surface area (Å²) in [7, 11) is 0. The molecule has 0 atom stereocenters. The molecule has 2 N–H and O–H groups in total. The number of aliphatic hydroxyl groups excluding tert-OH is 1. The molecule has 21 heavy (non-hydrogen) atoms. The number of benzene rings is 1. The maximum Gasteiger partial charge on any atom is 0.358 e. The number of carbonyl (C=O) groups is 1. The van der Waals surface area contributed by atoms with Gasteiger partial charge >= 0.3 is 5.97 Å². The Labute approximate surface area is 122 Å². The van der Waals surface area contributed by atoms with Crippen molar-refractivity contribution in [1.29, 1.82) is 0 Å². The zero-order valence-corrected chi connectivity index (χ0v) is 11.5. The number of carboxylic acids is 1. The zero-order valence-electron chi connectivity index (χ0n) is 11.5. The topological polar surface area (TPSA) is 92.8 Å². The minimum Gasteiger partial charge on any atom is -0.493 e. The van der Waals surface area contributed by atoms with Crippen molar-refractivity contribution >= 4 is 5.97 Å². The second-order valence-electron chi connectivity index (χ2n) is 4.51. The number of aromatic carboxylic acids is 1. The Hall–Kier alpha value is -2.34. The van der Waals surface area contributed by atoms with E-state index < -0.39 is 5.97 Å². The first kappa shape index (κ1) is 15.1. The Morgan fingerprint density at radius 1 is 1.24 bits per heavy atom. The van der Waals surface area contributed by atoms with Gasteiger partial charge in [0.2, 0.25) is 0 Å². The molecule has 0 unspecified atom stereocenters. The summed E-state index contributed by atoms with van der Waals surface area (Å²) in [4.78, 5) is 10.8. The number of hydrogen-bond donors (Lipinski definition) is 2. The van der Waals surface area contributed by atoms with Gasteiger partial charge in [-0.2, -0.15) is 0 Å². The number of unbranched alkanes of at least 4 members (excludes halogenated alkanes) is 2. The fraction of sp³-hybridized carbons (Fsp3) is 0.333. The van der Waals surface area contributed by atoms with Crippen LogP contribution in [0.5, 0.6) is 5.75 Å². The van der Waals surface area contributed by atoms with Gasteiger partial charge in [0.15, 0.2) is 11.5 Å². The Kier molecular flexibility index (Phi) is 5.34. The van der Waals surface area contributed by atoms with Gasteiger partial charge in [-0.3, -0.25) is 0 Å². The van der Waals surface area contributed by atoms with Crippen molar-refractivity contribution < 1.29 is 24.3 Å². The van der Waals surface area contributed by atoms with E-state index in [2.05, 4.69) is 5.16 Å². The summed E-state index contributed by atoms with van der Waals surface area (Å²) >= 11 is 0. The van der Waals surface area contributed by atoms with Crippen LogP contribution in [0.25, 0.3) is 11.3 Å². The van der Waals surface area contributed by atoms with Crippen LogP contribution in [0.15, 0.2) is 34.9 Å². The first-order chi connectivity index (χ1) is 10.2. The average Bonchev–Trinajstić information content (AvgIpc) is 2.97. The SMILES string of the molecule is O=C(O)c1cc(-c2ccccc2OCCCCCO)on1. The molecule has 0 bridgehead atoms. The Balaban J connectivity index is 2.07. The quantitative estimate of drug-likeness (QED) is 0.726. The molecule has 2 aromatic rings. The fourth-order valence-electron chi connectivity index (χ4n) is 1.87. The van der Waals surface area contributed by atoms with Crippen molar-refractivity contribution in [1.82, 2.24) is 5.16 Å². The molecule has 112 valence electrons. The van der Waals surface area contributed by atoms with E-state index in [1.807, 2.05) is 12.1 Å². The molecular formula is C15H17NO5. The van der Waals surface area contributed by atoms with Crippen molar-refractivity contribution in [2.24, 2.45) is 0 Å². The summed E-state index contributed by atoms with van der Waals surface area (Å²) in [6, 6.07) is 8.60. The maximum atomic E-state index is 10.8. The molecule has 0 aliphatic carbocycles. The largest absolute Gasteiger partial charge is 0.493 e. The van der Waals surface area contributed by atoms with Crippen molar-refractivity contribution in [2.45, 2.75) is 19.3 Å². The van der Waals surface area contributed by atoms with Gasteiger partial charge in [-0.1, -0.05) is 17.3 Å². The van der Waals surface area contributed by atoms with Crippen LogP contribution in [-0.4, -0.2) is 34.6 Å². The lowest BCUT2D eigenvalue weighted by molar-refractivity contribution is 0.0686. The van der Waals surface area contributed by atoms with Gasteiger partial charge in [0.1, 0.15) is 5.75 Å². The van der Waals surface area contributed by atoms with Gasteiger partial charge in [-0.25, -0.2) is 4.79 Å². The minimum absolute atomic E-state index is 0.136. The van der Waals surface area contributed by atoms with Crippen LogP contribution in [0.1, 0.15) is 29.8 Å². The average molecular weight is 291 g/mol. The zero-order chi connectivity index (χ0) is 15.1. The molecule has 0 amide bonds. The molecule has 0 spiro atoms. The van der Waals surface area contributed by atoms with E-state index in [0.717, 1.165) is 19.3 Å². The first-order valence-electron chi connectivity index (χ1n) is 6.75. The van der Waals surface area contributed by atoms with E-state index in [9.17, 15) is 4.79 Å². The van der Waals surface area contributed by atoms with Crippen molar-refractivity contribution in [3.8, 4) is 17.1 Å². The van der Waals surface area contributed by atoms with E-state index in [1.165, 1.54) is 6.07 Å². The number of hydrogen-bond acceptors (Lipinski definition) is 5. The molecule has 0 saturated carbocycles. The Bertz CT molecular complexity index is 593. The van der Waals surface area contributed by atoms with Crippen LogP contribution in [-0.2, 0) is 0 Å². The van der Waals surface area contributed by atoms with Gasteiger partial charge in [0.05, 0.1) is 12.2 Å². The third kappa shape index (κ3) is 4.06. The van der Waals surface area contributed by atoms with E-state index in [1.54, 1.807) is 12.1 Å². The summed E-state index contributed by atoms with van der Waals surface area (Å²) in [6.07, 6.45) is 2.49. The molecule has 0 radical (unpaired) electrons. The predicted octanol–water partition coefficient (Wildman–Crippen LogP) is 2.58. The Morgan fingerprint density at radius 2 is 2.05 bits per heavy atom. The lowest BCUT2D eigenvalue weighted by atomic mass is 10.1. The molecule has 2 rings (SSSR count). The summed E-state index contributed by atoms with van der Waals surface area (Å²) < 4.78 is 10.7. The summed E-state index contributed by atoms with van der Waals surface area (Å²) in [5.74, 6) is -0.152. The molecule has 0 fully saturated rings. The van der Waals surface area contributed by atoms with Crippen LogP contribution in [0, 0.1) is 0 Å². The molecule has 6 nitrogen and oxygen atoms in total. The van der Waals surface area contributed by atoms with Crippen LogP contribution in [0.4, 0.5) is 0 Å². The number of nitrogens with zero attached hydrogens (tertiary/aromatic N) is 1. The summed E-state index contributed by atoms with van der Waals surface area (Å²) in [5.41, 5.74) is 0.530. The van der Waals surface area contributed by atoms with Crippen molar-refractivity contribution in [2.75, 3.05) is 13.2 Å². The molecule has 1 aromatic carbocycles. The highest BCUT2D eigenvalue weighted by Crippen LogP contribution is 2.30. The number of ether oxygens (including phenoxy) is 1. The summed E-state index contributed by atoms with van der Waals surface area (Å²) in [5, 5.41) is 21.1. The molecule has 0 aliphatic rings. The van der Waals surface area contributed by atoms with Gasteiger partial charge in [-0.05, 0) is 31.4 Å². The van der Waals surface area contributed by atoms with Gasteiger partial charge in [0, 0.05) is 12.7 Å². The number of para-hydroxylation sites is 1. The Morgan fingerprint density at radius 3 is 2.76 bits per heavy atom. The predicted molar refractivity (Wildman–Crippen MR) is 75.3 cm³/mol. The van der Waals surface area contributed by atoms with Gasteiger partial charge in [0.25, 0.3) is 0 Å². The number of carboxylic acid groups (broad SMARTS) is 1. The highest BCUT2D eigenvalue weighted by atomic mass is 16.5. The summed E-state index contributed by atoms with van der Waals surface area (Å²) in [6.45, 7) is 0.712. The van der Waals surface area contributed by atoms with Crippen LogP contribution < -0.4 is 4.74 Å². The number of rotatable bonds is 8. The first-order valence-corrected chi connectivity index (χ1v) is 6.75. The highest BCUT2D eigenvalue weighted by Gasteiger charge is 2.15. The van der Waals surface area contributed by atoms with Crippen molar-refractivity contribution in [3.05, 3.63) is 36.0 Å². The smallest absolute Gasteiger partial charge is 0.358 e. The second kappa shape index (κ2) is 7.44. The van der Waals surface area contributed by atoms with E-state index >= 15 is 0 Å². The monoisotopic (exact) mass is 291 g/mol. The standard InChI is InChI=1S/C15H17NO5/c17-8-4-1-5-9-20-13-7-3-2-6-11(13)14-10-12(15(18)19)16-21-14/h2-3,6-7,10,17H,1,4-5,8-9H2,(H,18,19). The highest BCUT2D eigenvalue weighted by molar-refractivity contribution is 5.86. The lowest BCUT2D eigenvalue weighted by Gasteiger charge is -2.09. The van der Waals surface area contributed by atoms with Crippen LogP contribution in [0.3, 0.4) is 0 Å². The van der Waals surface area contributed by atoms with Crippen LogP contribution in [0.2, 0.25) is 0 Å². The molecular weight excluding hydrogens is 274 g/mol. The van der Waals surface area contributed by atoms with Gasteiger partial charge in [-0.15, -0.1) is 0 Å². The molecule has 1 aromatic heterocycles. The minimum atomic E-state index is -1.13. The van der Waals surface area contributed by atoms with Crippen LogP contribution >= 0.6 is 0 Å². The normalized spacial score (nSPS) is 10.5. The molecule has 6 heteroatoms. The second-order valence-corrected chi connectivity index (χ2v) is 4.51. The molecule has 1 heterocycles. The third-order valence-electron chi connectivity index (χ3n) is 2.94. The fourth-order valence-corrected chi connectivity index (χ4v) is 1.87. The number of aliphatic hydroxyl groups is 1. The van der Waals surface area contributed by atoms with E-state index in [0.29, 0.717) is 23.7 Å². The third-order valence-corrected chi connectivity index (χ3v) is 2.94. The number of aromatic nitrogens is 1. The van der Waals surface area contributed by atoms with Gasteiger partial charge < -0.3 is 19.5 Å². The van der Waals surface area contributed by atoms with E-state index in [-0.39, 0.29) is 12.3 Å². The van der Waals surface area contributed by atoms with Crippen molar-refractivity contribution in [3.63, 3.8) is 0 Å².